The highest BCUT2D eigenvalue weighted by atomic mass is 35.5. The van der Waals surface area contributed by atoms with Gasteiger partial charge in [0.2, 0.25) is 5.78 Å². The Morgan fingerprint density at radius 3 is 2.50 bits per heavy atom. The second-order valence-corrected chi connectivity index (χ2v) is 14.1. The molecular formula is C30H40ClN3O14. The predicted molar refractivity (Wildman–Crippen MR) is 162 cm³/mol. The van der Waals surface area contributed by atoms with Crippen molar-refractivity contribution in [3.8, 4) is 0 Å². The number of hydrogen-bond acceptors (Lipinski definition) is 15. The van der Waals surface area contributed by atoms with Gasteiger partial charge < -0.3 is 35.1 Å². The fourth-order valence-corrected chi connectivity index (χ4v) is 9.07. The summed E-state index contributed by atoms with van der Waals surface area (Å²) in [5, 5.41) is 42.4. The molecule has 18 heteroatoms. The molecule has 0 spiro atoms. The van der Waals surface area contributed by atoms with E-state index in [1.54, 1.807) is 26.0 Å². The Balaban J connectivity index is 1.37. The maximum atomic E-state index is 13.7. The van der Waals surface area contributed by atoms with Crippen LogP contribution in [0.25, 0.3) is 0 Å². The average molecular weight is 702 g/mol. The predicted octanol–water partition coefficient (Wildman–Crippen LogP) is 1.15. The van der Waals surface area contributed by atoms with Gasteiger partial charge in [0.15, 0.2) is 12.4 Å². The molecule has 2 unspecified atom stereocenters. The Morgan fingerprint density at radius 1 is 1.17 bits per heavy atom. The number of carbonyl (C=O) groups excluding carboxylic acids is 4. The van der Waals surface area contributed by atoms with Crippen LogP contribution in [0, 0.1) is 48.8 Å². The van der Waals surface area contributed by atoms with Gasteiger partial charge in [-0.3, -0.25) is 19.2 Å². The summed E-state index contributed by atoms with van der Waals surface area (Å²) >= 11 is 7.41. The van der Waals surface area contributed by atoms with Crippen molar-refractivity contribution in [1.82, 2.24) is 0 Å². The van der Waals surface area contributed by atoms with E-state index in [1.807, 2.05) is 6.92 Å². The van der Waals surface area contributed by atoms with Crippen LogP contribution >= 0.6 is 11.6 Å². The summed E-state index contributed by atoms with van der Waals surface area (Å²) in [6, 6.07) is -1.60. The summed E-state index contributed by atoms with van der Waals surface area (Å²) in [7, 11) is 0. The monoisotopic (exact) mass is 701 g/mol. The van der Waals surface area contributed by atoms with Gasteiger partial charge in [0.1, 0.15) is 24.4 Å². The van der Waals surface area contributed by atoms with Gasteiger partial charge in [-0.05, 0) is 55.6 Å². The molecule has 3 saturated carbocycles. The quantitative estimate of drug-likeness (QED) is 0.0993. The van der Waals surface area contributed by atoms with E-state index in [4.69, 9.17) is 26.8 Å². The van der Waals surface area contributed by atoms with Crippen molar-refractivity contribution in [2.75, 3.05) is 19.8 Å². The van der Waals surface area contributed by atoms with E-state index in [-0.39, 0.29) is 30.5 Å². The SMILES string of the molecule is C[C@H]1C[C@H]2[C@@H]3CCC4=CC(=O)C=C[C@]4(C)[C@@]3(Cl)[C@@H](O)C[C@]2(C)[C@@]1(O)C(=O)COC(=O)CC(N)C(=O)OCC(CCO[N+](=O)[O-])O[N+](=O)[O-]. The van der Waals surface area contributed by atoms with E-state index in [9.17, 15) is 49.6 Å². The van der Waals surface area contributed by atoms with E-state index in [0.717, 1.165) is 5.57 Å². The summed E-state index contributed by atoms with van der Waals surface area (Å²) in [6.45, 7) is 3.20. The smallest absolute Gasteiger partial charge is 0.323 e. The van der Waals surface area contributed by atoms with Crippen LogP contribution in [0.2, 0.25) is 0 Å². The fourth-order valence-electron chi connectivity index (χ4n) is 8.55. The van der Waals surface area contributed by atoms with Crippen LogP contribution < -0.4 is 5.73 Å². The summed E-state index contributed by atoms with van der Waals surface area (Å²) in [6.07, 6.45) is 2.54. The number of esters is 2. The second-order valence-electron chi connectivity index (χ2n) is 13.5. The molecule has 0 aromatic rings. The number of nitrogens with zero attached hydrogens (tertiary/aromatic N) is 2. The maximum Gasteiger partial charge on any atom is 0.323 e. The molecule has 0 radical (unpaired) electrons. The van der Waals surface area contributed by atoms with Crippen LogP contribution in [0.1, 0.15) is 59.3 Å². The number of hydrogen-bond donors (Lipinski definition) is 3. The van der Waals surface area contributed by atoms with E-state index in [1.165, 1.54) is 6.08 Å². The third-order valence-corrected chi connectivity index (χ3v) is 11.9. The largest absolute Gasteiger partial charge is 0.462 e. The van der Waals surface area contributed by atoms with Gasteiger partial charge in [-0.2, -0.15) is 0 Å². The number of ether oxygens (including phenoxy) is 2. The van der Waals surface area contributed by atoms with Gasteiger partial charge in [-0.25, -0.2) is 0 Å². The highest BCUT2D eigenvalue weighted by molar-refractivity contribution is 6.26. The molecule has 4 aliphatic rings. The highest BCUT2D eigenvalue weighted by Crippen LogP contribution is 2.71. The van der Waals surface area contributed by atoms with Crippen LogP contribution in [0.15, 0.2) is 23.8 Å². The number of nitrogens with two attached hydrogens (primary N) is 1. The standard InChI is InChI=1S/C30H40ClN3O14/c1-16-10-21-20-5-4-17-11-18(35)6-8-27(17,2)29(20,31)23(36)13-28(21,3)30(16,40)24(37)15-45-25(38)12-22(32)26(39)46-14-19(48-34(43)44)7-9-47-33(41)42/h6,8,11,16,19-23,36,40H,4-5,7,9-10,12-15,32H2,1-3H3/t16-,19?,20-,21-,22?,23-,27-,28-,29-,30-/m0/s1. The first-order chi connectivity index (χ1) is 22.3. The molecule has 0 aliphatic heterocycles. The Morgan fingerprint density at radius 2 is 1.85 bits per heavy atom. The lowest BCUT2D eigenvalue weighted by atomic mass is 9.45. The highest BCUT2D eigenvalue weighted by Gasteiger charge is 2.74. The summed E-state index contributed by atoms with van der Waals surface area (Å²) in [5.74, 6) is -4.38. The molecule has 4 rings (SSSR count). The summed E-state index contributed by atoms with van der Waals surface area (Å²) in [5.41, 5.74) is 2.59. The Hall–Kier alpha value is -3.67. The Labute approximate surface area is 279 Å². The number of alkyl halides is 1. The van der Waals surface area contributed by atoms with Gasteiger partial charge in [0.25, 0.3) is 10.2 Å². The number of halogens is 1. The number of allylic oxidation sites excluding steroid dienone is 4. The Kier molecular flexibility index (Phi) is 10.6. The van der Waals surface area contributed by atoms with Gasteiger partial charge >= 0.3 is 11.9 Å². The molecule has 0 aromatic carbocycles. The molecular weight excluding hydrogens is 662 g/mol. The third kappa shape index (κ3) is 6.40. The minimum Gasteiger partial charge on any atom is -0.462 e. The lowest BCUT2D eigenvalue weighted by Gasteiger charge is -2.63. The van der Waals surface area contributed by atoms with Crippen LogP contribution in [0.5, 0.6) is 0 Å². The number of aliphatic hydroxyl groups is 2. The zero-order valence-corrected chi connectivity index (χ0v) is 27.5. The van der Waals surface area contributed by atoms with E-state index in [2.05, 4.69) is 9.68 Å². The number of aliphatic hydroxyl groups excluding tert-OH is 1. The van der Waals surface area contributed by atoms with E-state index in [0.29, 0.717) is 19.3 Å². The van der Waals surface area contributed by atoms with Gasteiger partial charge in [-0.15, -0.1) is 31.8 Å². The van der Waals surface area contributed by atoms with Gasteiger partial charge in [-0.1, -0.05) is 32.4 Å². The topological polar surface area (TPSA) is 258 Å². The van der Waals surface area contributed by atoms with Crippen molar-refractivity contribution >= 4 is 35.1 Å². The molecule has 4 N–H and O–H groups in total. The first kappa shape index (κ1) is 37.2. The lowest BCUT2D eigenvalue weighted by molar-refractivity contribution is -0.774. The van der Waals surface area contributed by atoms with Crippen molar-refractivity contribution in [3.05, 3.63) is 44.0 Å². The summed E-state index contributed by atoms with van der Waals surface area (Å²) < 4.78 is 9.96. The zero-order valence-electron chi connectivity index (χ0n) is 26.7. The van der Waals surface area contributed by atoms with Crippen LogP contribution in [0.4, 0.5) is 0 Å². The van der Waals surface area contributed by atoms with Crippen molar-refractivity contribution in [3.63, 3.8) is 0 Å². The van der Waals surface area contributed by atoms with Crippen LogP contribution in [0.3, 0.4) is 0 Å². The average Bonchev–Trinajstić information content (AvgIpc) is 3.20. The Bertz CT molecular complexity index is 1420. The van der Waals surface area contributed by atoms with E-state index < -0.39 is 99.6 Å². The van der Waals surface area contributed by atoms with Crippen molar-refractivity contribution in [1.29, 1.82) is 0 Å². The molecule has 0 aromatic heterocycles. The first-order valence-corrected chi connectivity index (χ1v) is 15.9. The van der Waals surface area contributed by atoms with E-state index >= 15 is 0 Å². The molecule has 0 heterocycles. The van der Waals surface area contributed by atoms with Gasteiger partial charge in [0, 0.05) is 17.3 Å². The fraction of sp³-hybridized carbons (Fsp3) is 0.733. The molecule has 0 amide bonds. The zero-order chi connectivity index (χ0) is 35.8. The molecule has 48 heavy (non-hydrogen) atoms. The molecule has 266 valence electrons. The van der Waals surface area contributed by atoms with Crippen LogP contribution in [-0.2, 0) is 38.3 Å². The lowest BCUT2D eigenvalue weighted by Crippen LogP contribution is -2.69. The maximum absolute atomic E-state index is 13.7. The number of ketones is 2. The molecule has 0 bridgehead atoms. The number of Topliss-reactive ketones (excluding diaryl/α,β-unsaturated/α-hetero) is 1. The molecule has 10 atom stereocenters. The molecule has 4 aliphatic carbocycles. The minimum atomic E-state index is -2.00. The third-order valence-electron chi connectivity index (χ3n) is 11.0. The van der Waals surface area contributed by atoms with Crippen LogP contribution in [-0.4, -0.2) is 92.4 Å². The molecule has 3 fully saturated rings. The number of carbonyl (C=O) groups is 4. The summed E-state index contributed by atoms with van der Waals surface area (Å²) in [4.78, 5) is 78.8. The number of fused-ring (bicyclic) bond motifs is 5. The van der Waals surface area contributed by atoms with Crippen molar-refractivity contribution in [2.45, 2.75) is 88.0 Å². The normalized spacial score (nSPS) is 36.3. The molecule has 17 nitrogen and oxygen atoms in total. The minimum absolute atomic E-state index is 0.0289. The van der Waals surface area contributed by atoms with Crippen molar-refractivity contribution in [2.24, 2.45) is 34.3 Å². The van der Waals surface area contributed by atoms with Gasteiger partial charge in [0.05, 0.1) is 24.0 Å². The first-order valence-electron chi connectivity index (χ1n) is 15.5. The number of rotatable bonds is 14. The molecule has 0 saturated heterocycles. The second kappa shape index (κ2) is 13.7. The van der Waals surface area contributed by atoms with Crippen molar-refractivity contribution < 1.29 is 58.7 Å².